The van der Waals surface area contributed by atoms with Crippen LogP contribution in [0.2, 0.25) is 0 Å². The van der Waals surface area contributed by atoms with Crippen molar-refractivity contribution in [3.05, 3.63) is 65.7 Å². The minimum atomic E-state index is -0.986. The number of methoxy groups -OCH3 is 2. The number of likely N-dealkylation sites (tertiary alicyclic amines) is 1. The number of esters is 1. The van der Waals surface area contributed by atoms with Crippen LogP contribution in [-0.4, -0.2) is 85.7 Å². The molecule has 3 rings (SSSR count). The molecule has 0 aliphatic carbocycles. The summed E-state index contributed by atoms with van der Waals surface area (Å²) in [6.45, 7) is 2.09. The predicted octanol–water partition coefficient (Wildman–Crippen LogP) is 2.49. The summed E-state index contributed by atoms with van der Waals surface area (Å²) in [7, 11) is 2.89. The monoisotopic (exact) mass is 624 g/mol. The van der Waals surface area contributed by atoms with Gasteiger partial charge in [-0.15, -0.1) is 0 Å². The van der Waals surface area contributed by atoms with Gasteiger partial charge in [0.05, 0.1) is 26.4 Å². The Balaban J connectivity index is 1.68. The summed E-state index contributed by atoms with van der Waals surface area (Å²) >= 11 is 0. The van der Waals surface area contributed by atoms with Gasteiger partial charge in [0.1, 0.15) is 11.8 Å². The third-order valence-electron chi connectivity index (χ3n) is 7.93. The fourth-order valence-electron chi connectivity index (χ4n) is 5.32. The van der Waals surface area contributed by atoms with Crippen LogP contribution < -0.4 is 20.7 Å². The smallest absolute Gasteiger partial charge is 0.305 e. The van der Waals surface area contributed by atoms with Gasteiger partial charge in [0.15, 0.2) is 0 Å². The second-order valence-corrected chi connectivity index (χ2v) is 11.4. The summed E-state index contributed by atoms with van der Waals surface area (Å²) in [6, 6.07) is 15.5. The van der Waals surface area contributed by atoms with Gasteiger partial charge in [-0.25, -0.2) is 0 Å². The first-order chi connectivity index (χ1) is 21.8. The van der Waals surface area contributed by atoms with Crippen LogP contribution in [0.3, 0.4) is 0 Å². The standard InChI is InChI=1S/C34H48N4O7/c1-44-27-14-9-13-26(21-27)23-35-24-30(39)29(22-25-11-5-3-6-12-25)37-34(43)28(36-31(40)15-10-16-33(42)45-2)17-18-32(41)38-19-7-4-8-20-38/h3,5-6,9,11-14,21,28-30,35,39H,4,7-8,10,15-20,22-24H2,1-2H3,(H,36,40)(H,37,43). The second-order valence-electron chi connectivity index (χ2n) is 11.4. The molecule has 11 heteroatoms. The fourth-order valence-corrected chi connectivity index (χ4v) is 5.32. The number of carbonyl (C=O) groups is 4. The third-order valence-corrected chi connectivity index (χ3v) is 7.93. The average Bonchev–Trinajstić information content (AvgIpc) is 3.06. The molecule has 1 saturated heterocycles. The molecule has 0 spiro atoms. The highest BCUT2D eigenvalue weighted by molar-refractivity contribution is 5.88. The number of aliphatic hydroxyl groups excluding tert-OH is 1. The van der Waals surface area contributed by atoms with Crippen LogP contribution in [0.1, 0.15) is 62.5 Å². The molecule has 3 amide bonds. The van der Waals surface area contributed by atoms with Crippen molar-refractivity contribution in [1.82, 2.24) is 20.9 Å². The maximum atomic E-state index is 13.7. The van der Waals surface area contributed by atoms with E-state index in [2.05, 4.69) is 20.7 Å². The molecule has 45 heavy (non-hydrogen) atoms. The number of aliphatic hydroxyl groups is 1. The molecule has 0 radical (unpaired) electrons. The van der Waals surface area contributed by atoms with Crippen molar-refractivity contribution in [3.63, 3.8) is 0 Å². The Morgan fingerprint density at radius 3 is 2.33 bits per heavy atom. The van der Waals surface area contributed by atoms with Crippen molar-refractivity contribution in [1.29, 1.82) is 0 Å². The van der Waals surface area contributed by atoms with Gasteiger partial charge in [0.25, 0.3) is 0 Å². The molecule has 2 aromatic carbocycles. The van der Waals surface area contributed by atoms with Gasteiger partial charge in [-0.05, 0) is 61.8 Å². The van der Waals surface area contributed by atoms with Gasteiger partial charge in [0, 0.05) is 45.4 Å². The molecule has 3 unspecified atom stereocenters. The highest BCUT2D eigenvalue weighted by Crippen LogP contribution is 2.14. The van der Waals surface area contributed by atoms with E-state index in [4.69, 9.17) is 4.74 Å². The molecule has 0 saturated carbocycles. The maximum Gasteiger partial charge on any atom is 0.305 e. The van der Waals surface area contributed by atoms with Gasteiger partial charge in [-0.1, -0.05) is 42.5 Å². The highest BCUT2D eigenvalue weighted by Gasteiger charge is 2.28. The summed E-state index contributed by atoms with van der Waals surface area (Å²) in [4.78, 5) is 52.7. The van der Waals surface area contributed by atoms with Gasteiger partial charge in [-0.3, -0.25) is 19.2 Å². The third kappa shape index (κ3) is 12.9. The molecule has 4 N–H and O–H groups in total. The first-order valence-electron chi connectivity index (χ1n) is 15.8. The maximum absolute atomic E-state index is 13.7. The van der Waals surface area contributed by atoms with E-state index in [0.717, 1.165) is 36.1 Å². The minimum absolute atomic E-state index is 0.0310. The van der Waals surface area contributed by atoms with E-state index >= 15 is 0 Å². The van der Waals surface area contributed by atoms with Crippen LogP contribution in [0, 0.1) is 0 Å². The van der Waals surface area contributed by atoms with Gasteiger partial charge >= 0.3 is 5.97 Å². The minimum Gasteiger partial charge on any atom is -0.497 e. The molecule has 0 aromatic heterocycles. The van der Waals surface area contributed by atoms with E-state index in [1.54, 1.807) is 7.11 Å². The largest absolute Gasteiger partial charge is 0.497 e. The van der Waals surface area contributed by atoms with E-state index in [1.807, 2.05) is 59.5 Å². The van der Waals surface area contributed by atoms with Crippen molar-refractivity contribution in [2.45, 2.75) is 82.5 Å². The molecule has 2 aromatic rings. The van der Waals surface area contributed by atoms with Crippen LogP contribution >= 0.6 is 0 Å². The van der Waals surface area contributed by atoms with Crippen molar-refractivity contribution < 1.29 is 33.8 Å². The Bertz CT molecular complexity index is 1220. The Morgan fingerprint density at radius 1 is 0.889 bits per heavy atom. The van der Waals surface area contributed by atoms with Crippen LogP contribution in [-0.2, 0) is 36.9 Å². The lowest BCUT2D eigenvalue weighted by Gasteiger charge is -2.29. The van der Waals surface area contributed by atoms with Crippen molar-refractivity contribution in [2.24, 2.45) is 0 Å². The number of nitrogens with zero attached hydrogens (tertiary/aromatic N) is 1. The highest BCUT2D eigenvalue weighted by atomic mass is 16.5. The quantitative estimate of drug-likeness (QED) is 0.185. The number of hydrogen-bond acceptors (Lipinski definition) is 8. The molecular formula is C34H48N4O7. The van der Waals surface area contributed by atoms with Crippen molar-refractivity contribution >= 4 is 23.7 Å². The summed E-state index contributed by atoms with van der Waals surface area (Å²) in [5, 5.41) is 20.2. The fraction of sp³-hybridized carbons (Fsp3) is 0.529. The number of nitrogens with one attached hydrogen (secondary N) is 3. The zero-order valence-electron chi connectivity index (χ0n) is 26.5. The summed E-state index contributed by atoms with van der Waals surface area (Å²) in [6.07, 6.45) is 3.03. The van der Waals surface area contributed by atoms with E-state index < -0.39 is 36.0 Å². The van der Waals surface area contributed by atoms with Gasteiger partial charge in [0.2, 0.25) is 17.7 Å². The number of benzene rings is 2. The molecule has 1 aliphatic rings. The van der Waals surface area contributed by atoms with E-state index in [-0.39, 0.29) is 44.6 Å². The van der Waals surface area contributed by atoms with Crippen LogP contribution in [0.5, 0.6) is 5.75 Å². The van der Waals surface area contributed by atoms with E-state index in [9.17, 15) is 24.3 Å². The Kier molecular flexibility index (Phi) is 15.3. The predicted molar refractivity (Wildman–Crippen MR) is 170 cm³/mol. The Morgan fingerprint density at radius 2 is 1.62 bits per heavy atom. The molecule has 1 heterocycles. The topological polar surface area (TPSA) is 146 Å². The lowest BCUT2D eigenvalue weighted by molar-refractivity contribution is -0.141. The molecule has 0 bridgehead atoms. The molecule has 1 aliphatic heterocycles. The molecule has 1 fully saturated rings. The van der Waals surface area contributed by atoms with Crippen LogP contribution in [0.25, 0.3) is 0 Å². The lowest BCUT2D eigenvalue weighted by atomic mass is 9.99. The van der Waals surface area contributed by atoms with Crippen LogP contribution in [0.4, 0.5) is 0 Å². The zero-order valence-corrected chi connectivity index (χ0v) is 26.5. The zero-order chi connectivity index (χ0) is 32.4. The SMILES string of the molecule is COC(=O)CCCC(=O)NC(CCC(=O)N1CCCCC1)C(=O)NC(Cc1ccccc1)C(O)CNCc1cccc(OC)c1. The molecular weight excluding hydrogens is 576 g/mol. The Hall–Kier alpha value is -3.96. The number of amides is 3. The summed E-state index contributed by atoms with van der Waals surface area (Å²) in [5.74, 6) is -0.599. The number of carbonyl (C=O) groups excluding carboxylic acids is 4. The first kappa shape index (κ1) is 35.5. The molecule has 3 atom stereocenters. The number of ether oxygens (including phenoxy) is 2. The second kappa shape index (κ2) is 19.4. The Labute approximate surface area is 266 Å². The van der Waals surface area contributed by atoms with E-state index in [1.165, 1.54) is 7.11 Å². The van der Waals surface area contributed by atoms with Gasteiger partial charge in [-0.2, -0.15) is 0 Å². The van der Waals surface area contributed by atoms with Gasteiger partial charge < -0.3 is 35.4 Å². The average molecular weight is 625 g/mol. The molecule has 246 valence electrons. The van der Waals surface area contributed by atoms with Crippen LogP contribution in [0.15, 0.2) is 54.6 Å². The summed E-state index contributed by atoms with van der Waals surface area (Å²) in [5.41, 5.74) is 1.91. The first-order valence-corrected chi connectivity index (χ1v) is 15.8. The van der Waals surface area contributed by atoms with Crippen molar-refractivity contribution in [2.75, 3.05) is 33.9 Å². The summed E-state index contributed by atoms with van der Waals surface area (Å²) < 4.78 is 9.93. The number of hydrogen-bond donors (Lipinski definition) is 4. The number of piperidine rings is 1. The normalized spacial score (nSPS) is 15.0. The van der Waals surface area contributed by atoms with E-state index in [0.29, 0.717) is 26.1 Å². The number of rotatable bonds is 18. The lowest BCUT2D eigenvalue weighted by Crippen LogP contribution is -2.55. The van der Waals surface area contributed by atoms with Crippen molar-refractivity contribution in [3.8, 4) is 5.75 Å². The molecule has 11 nitrogen and oxygen atoms in total.